The Balaban J connectivity index is 1.86. The number of rotatable bonds is 7. The monoisotopic (exact) mass is 448 g/mol. The molecule has 0 aliphatic heterocycles. The number of aryl methyl sites for hydroxylation is 2. The van der Waals surface area contributed by atoms with Crippen LogP contribution in [0.2, 0.25) is 0 Å². The van der Waals surface area contributed by atoms with Gasteiger partial charge in [0.2, 0.25) is 0 Å². The quantitative estimate of drug-likeness (QED) is 0.302. The molecule has 0 saturated carbocycles. The Morgan fingerprint density at radius 1 is 1.06 bits per heavy atom. The van der Waals surface area contributed by atoms with E-state index in [-0.39, 0.29) is 16.9 Å². The maximum Gasteiger partial charge on any atom is 0.339 e. The van der Waals surface area contributed by atoms with Gasteiger partial charge in [-0.05, 0) is 73.1 Å². The largest absolute Gasteiger partial charge is 0.507 e. The minimum Gasteiger partial charge on any atom is -0.507 e. The molecule has 1 aromatic heterocycles. The molecule has 172 valence electrons. The predicted octanol–water partition coefficient (Wildman–Crippen LogP) is 5.24. The smallest absolute Gasteiger partial charge is 0.339 e. The summed E-state index contributed by atoms with van der Waals surface area (Å²) in [4.78, 5) is 26.0. The molecule has 0 amide bonds. The SMILES string of the molecule is CCCc1cc2c3c(c(=O)oc2c(C(=O)/C=C/c2cc(OC)cc(OC)c2)c1O)CCCC3. The van der Waals surface area contributed by atoms with Crippen LogP contribution in [0.1, 0.15) is 58.8 Å². The van der Waals surface area contributed by atoms with Gasteiger partial charge in [-0.2, -0.15) is 0 Å². The predicted molar refractivity (Wildman–Crippen MR) is 128 cm³/mol. The summed E-state index contributed by atoms with van der Waals surface area (Å²) in [5.41, 5.74) is 2.80. The second-order valence-electron chi connectivity index (χ2n) is 8.28. The lowest BCUT2D eigenvalue weighted by Gasteiger charge is -2.18. The Kier molecular flexibility index (Phi) is 6.54. The molecule has 0 spiro atoms. The third-order valence-electron chi connectivity index (χ3n) is 6.13. The zero-order chi connectivity index (χ0) is 23.5. The van der Waals surface area contributed by atoms with E-state index in [1.807, 2.05) is 13.0 Å². The standard InChI is InChI=1S/C27H28O6/c1-4-7-17-14-22-20-8-5-6-9-21(20)27(30)33-26(22)24(25(17)29)23(28)11-10-16-12-18(31-2)15-19(13-16)32-3/h10-15,29H,4-9H2,1-3H3/b11-10+. The molecular formula is C27H28O6. The van der Waals surface area contributed by atoms with Gasteiger partial charge in [0, 0.05) is 17.0 Å². The summed E-state index contributed by atoms with van der Waals surface area (Å²) in [7, 11) is 3.11. The molecule has 0 fully saturated rings. The van der Waals surface area contributed by atoms with E-state index >= 15 is 0 Å². The Morgan fingerprint density at radius 2 is 1.73 bits per heavy atom. The fourth-order valence-corrected chi connectivity index (χ4v) is 4.49. The van der Waals surface area contributed by atoms with Gasteiger partial charge in [0.1, 0.15) is 22.8 Å². The number of fused-ring (bicyclic) bond motifs is 3. The molecule has 1 aliphatic carbocycles. The van der Waals surface area contributed by atoms with Crippen molar-refractivity contribution in [1.82, 2.24) is 0 Å². The number of carbonyl (C=O) groups is 1. The zero-order valence-corrected chi connectivity index (χ0v) is 19.2. The number of carbonyl (C=O) groups excluding carboxylic acids is 1. The minimum atomic E-state index is -0.434. The first kappa shape index (κ1) is 22.6. The highest BCUT2D eigenvalue weighted by molar-refractivity contribution is 6.16. The van der Waals surface area contributed by atoms with Crippen LogP contribution in [0.4, 0.5) is 0 Å². The van der Waals surface area contributed by atoms with Crippen LogP contribution >= 0.6 is 0 Å². The number of hydrogen-bond donors (Lipinski definition) is 1. The van der Waals surface area contributed by atoms with E-state index < -0.39 is 11.4 Å². The molecule has 3 aromatic rings. The van der Waals surface area contributed by atoms with Gasteiger partial charge in [-0.15, -0.1) is 0 Å². The number of phenols is 1. The van der Waals surface area contributed by atoms with Crippen LogP contribution in [0.25, 0.3) is 17.0 Å². The van der Waals surface area contributed by atoms with Crippen LogP contribution in [-0.2, 0) is 19.3 Å². The number of phenolic OH excluding ortho intramolecular Hbond substituents is 1. The van der Waals surface area contributed by atoms with Crippen molar-refractivity contribution in [1.29, 1.82) is 0 Å². The van der Waals surface area contributed by atoms with Gasteiger partial charge >= 0.3 is 5.63 Å². The fraction of sp³-hybridized carbons (Fsp3) is 0.333. The number of benzene rings is 2. The second kappa shape index (κ2) is 9.53. The molecule has 0 bridgehead atoms. The second-order valence-corrected chi connectivity index (χ2v) is 8.28. The van der Waals surface area contributed by atoms with Gasteiger partial charge in [0.05, 0.1) is 14.2 Å². The first-order valence-corrected chi connectivity index (χ1v) is 11.3. The minimum absolute atomic E-state index is 0.0348. The highest BCUT2D eigenvalue weighted by Gasteiger charge is 2.25. The summed E-state index contributed by atoms with van der Waals surface area (Å²) in [6, 6.07) is 7.17. The maximum atomic E-state index is 13.3. The van der Waals surface area contributed by atoms with Crippen LogP contribution in [0, 0.1) is 0 Å². The van der Waals surface area contributed by atoms with Gasteiger partial charge in [-0.1, -0.05) is 19.4 Å². The van der Waals surface area contributed by atoms with Crippen molar-refractivity contribution in [2.75, 3.05) is 14.2 Å². The third-order valence-corrected chi connectivity index (χ3v) is 6.13. The number of ether oxygens (including phenoxy) is 2. The number of allylic oxidation sites excluding steroid dienone is 1. The first-order valence-electron chi connectivity index (χ1n) is 11.3. The van der Waals surface area contributed by atoms with Gasteiger partial charge in [0.25, 0.3) is 0 Å². The molecule has 2 aromatic carbocycles. The Labute approximate surface area is 192 Å². The van der Waals surface area contributed by atoms with E-state index in [9.17, 15) is 14.7 Å². The Bertz CT molecular complexity index is 1280. The van der Waals surface area contributed by atoms with Crippen LogP contribution in [0.5, 0.6) is 17.2 Å². The molecular weight excluding hydrogens is 420 g/mol. The van der Waals surface area contributed by atoms with E-state index in [0.29, 0.717) is 41.0 Å². The summed E-state index contributed by atoms with van der Waals surface area (Å²) >= 11 is 0. The van der Waals surface area contributed by atoms with Crippen molar-refractivity contribution < 1.29 is 23.8 Å². The average Bonchev–Trinajstić information content (AvgIpc) is 2.83. The molecule has 1 aliphatic rings. The zero-order valence-electron chi connectivity index (χ0n) is 19.2. The lowest BCUT2D eigenvalue weighted by molar-refractivity contribution is 0.104. The van der Waals surface area contributed by atoms with Crippen LogP contribution in [0.3, 0.4) is 0 Å². The molecule has 0 atom stereocenters. The van der Waals surface area contributed by atoms with Gasteiger partial charge in [0.15, 0.2) is 11.4 Å². The van der Waals surface area contributed by atoms with Gasteiger partial charge in [-0.25, -0.2) is 4.79 Å². The lowest BCUT2D eigenvalue weighted by atomic mass is 9.88. The van der Waals surface area contributed by atoms with Crippen molar-refractivity contribution in [2.45, 2.75) is 45.4 Å². The van der Waals surface area contributed by atoms with Crippen LogP contribution in [-0.4, -0.2) is 25.1 Å². The number of methoxy groups -OCH3 is 2. The first-order chi connectivity index (χ1) is 16.0. The maximum absolute atomic E-state index is 13.3. The molecule has 6 nitrogen and oxygen atoms in total. The van der Waals surface area contributed by atoms with Crippen molar-refractivity contribution in [2.24, 2.45) is 0 Å². The van der Waals surface area contributed by atoms with Gasteiger partial charge < -0.3 is 19.0 Å². The summed E-state index contributed by atoms with van der Waals surface area (Å²) in [6.07, 6.45) is 7.80. The third kappa shape index (κ3) is 4.38. The average molecular weight is 449 g/mol. The normalized spacial score (nSPS) is 13.3. The number of ketones is 1. The summed E-state index contributed by atoms with van der Waals surface area (Å²) in [5.74, 6) is 0.631. The summed E-state index contributed by atoms with van der Waals surface area (Å²) in [5, 5.41) is 11.7. The summed E-state index contributed by atoms with van der Waals surface area (Å²) < 4.78 is 16.2. The van der Waals surface area contributed by atoms with Crippen LogP contribution < -0.4 is 15.1 Å². The van der Waals surface area contributed by atoms with Crippen molar-refractivity contribution in [3.05, 3.63) is 68.6 Å². The Morgan fingerprint density at radius 3 is 2.36 bits per heavy atom. The van der Waals surface area contributed by atoms with E-state index in [1.165, 1.54) is 6.08 Å². The molecule has 0 saturated heterocycles. The number of hydrogen-bond acceptors (Lipinski definition) is 6. The van der Waals surface area contributed by atoms with E-state index in [0.717, 1.165) is 36.6 Å². The highest BCUT2D eigenvalue weighted by Crippen LogP contribution is 2.36. The van der Waals surface area contributed by atoms with Crippen molar-refractivity contribution in [3.63, 3.8) is 0 Å². The molecule has 0 radical (unpaired) electrons. The van der Waals surface area contributed by atoms with Gasteiger partial charge in [-0.3, -0.25) is 4.79 Å². The lowest BCUT2D eigenvalue weighted by Crippen LogP contribution is -2.17. The molecule has 6 heteroatoms. The van der Waals surface area contributed by atoms with Crippen molar-refractivity contribution in [3.8, 4) is 17.2 Å². The molecule has 1 N–H and O–H groups in total. The Hall–Kier alpha value is -3.54. The fourth-order valence-electron chi connectivity index (χ4n) is 4.49. The molecule has 0 unspecified atom stereocenters. The van der Waals surface area contributed by atoms with E-state index in [2.05, 4.69) is 0 Å². The highest BCUT2D eigenvalue weighted by atomic mass is 16.5. The van der Waals surface area contributed by atoms with E-state index in [1.54, 1.807) is 38.5 Å². The summed E-state index contributed by atoms with van der Waals surface area (Å²) in [6.45, 7) is 2.02. The molecule has 33 heavy (non-hydrogen) atoms. The van der Waals surface area contributed by atoms with Crippen molar-refractivity contribution >= 4 is 22.8 Å². The number of aromatic hydroxyl groups is 1. The molecule has 4 rings (SSSR count). The molecule has 1 heterocycles. The van der Waals surface area contributed by atoms with Crippen LogP contribution in [0.15, 0.2) is 39.6 Å². The topological polar surface area (TPSA) is 86.0 Å². The van der Waals surface area contributed by atoms with E-state index in [4.69, 9.17) is 13.9 Å².